The molecular weight excluding hydrogens is 690 g/mol. The fraction of sp³-hybridized carbons (Fsp3) is 0.333. The Morgan fingerprint density at radius 2 is 1.53 bits per heavy atom. The minimum absolute atomic E-state index is 0.00837. The zero-order chi connectivity index (χ0) is 36.4. The molecule has 0 unspecified atom stereocenters. The number of nitrogens with zero attached hydrogens (tertiary/aromatic N) is 2. The first kappa shape index (κ1) is 37.5. The van der Waals surface area contributed by atoms with Crippen molar-refractivity contribution in [1.29, 1.82) is 0 Å². The second-order valence-electron chi connectivity index (χ2n) is 12.3. The number of carbonyl (C=O) groups is 2. The summed E-state index contributed by atoms with van der Waals surface area (Å²) in [5.74, 6) is 0.263. The minimum atomic E-state index is -4.38. The molecule has 0 saturated heterocycles. The summed E-state index contributed by atoms with van der Waals surface area (Å²) in [5, 5.41) is 3.71. The van der Waals surface area contributed by atoms with E-state index < -0.39 is 28.5 Å². The molecule has 0 spiro atoms. The molecule has 4 aromatic rings. The van der Waals surface area contributed by atoms with Gasteiger partial charge in [-0.1, -0.05) is 66.9 Å². The molecule has 1 atom stereocenters. The molecule has 0 aromatic heterocycles. The molecule has 1 fully saturated rings. The van der Waals surface area contributed by atoms with E-state index in [1.54, 1.807) is 48.5 Å². The number of methoxy groups -OCH3 is 2. The fourth-order valence-corrected chi connectivity index (χ4v) is 7.77. The zero-order valence-corrected chi connectivity index (χ0v) is 30.7. The molecule has 1 aliphatic rings. The van der Waals surface area contributed by atoms with Crippen molar-refractivity contribution in [2.75, 3.05) is 31.7 Å². The van der Waals surface area contributed by atoms with E-state index in [1.165, 1.54) is 37.3 Å². The first-order valence-electron chi connectivity index (χ1n) is 17.0. The Bertz CT molecular complexity index is 1870. The standard InChI is InChI=1S/C39H44ClN3O7S/c1-4-50-33-20-18-32(19-21-33)43(51(46,47)34-22-23-36(48-2)37(25-34)49-3)27-38(44)42(26-29-14-16-30(40)17-15-29)35(24-28-10-6-5-7-11-28)39(45)41-31-12-8-9-13-31/h5-7,10-11,14-23,25,31,35H,4,8-9,12-13,24,26-27H2,1-3H3,(H,41,45)/t35-/m0/s1. The predicted molar refractivity (Wildman–Crippen MR) is 198 cm³/mol. The van der Waals surface area contributed by atoms with E-state index >= 15 is 0 Å². The van der Waals surface area contributed by atoms with E-state index in [-0.39, 0.29) is 41.2 Å². The Balaban J connectivity index is 1.58. The van der Waals surface area contributed by atoms with E-state index in [4.69, 9.17) is 25.8 Å². The number of halogens is 1. The van der Waals surface area contributed by atoms with Gasteiger partial charge in [0.2, 0.25) is 11.8 Å². The molecule has 0 heterocycles. The third-order valence-electron chi connectivity index (χ3n) is 8.90. The number of hydrogen-bond acceptors (Lipinski definition) is 7. The third kappa shape index (κ3) is 9.53. The maximum Gasteiger partial charge on any atom is 0.264 e. The molecule has 1 aliphatic carbocycles. The lowest BCUT2D eigenvalue weighted by molar-refractivity contribution is -0.140. The lowest BCUT2D eigenvalue weighted by Crippen LogP contribution is -2.54. The van der Waals surface area contributed by atoms with Crippen molar-refractivity contribution in [3.8, 4) is 17.2 Å². The Morgan fingerprint density at radius 3 is 2.16 bits per heavy atom. The molecule has 2 amide bonds. The normalized spacial score (nSPS) is 13.6. The average molecular weight is 734 g/mol. The Kier molecular flexibility index (Phi) is 12.8. The first-order valence-corrected chi connectivity index (χ1v) is 18.8. The highest BCUT2D eigenvalue weighted by atomic mass is 35.5. The van der Waals surface area contributed by atoms with E-state index in [9.17, 15) is 18.0 Å². The van der Waals surface area contributed by atoms with E-state index in [0.717, 1.165) is 41.1 Å². The van der Waals surface area contributed by atoms with Gasteiger partial charge in [-0.15, -0.1) is 0 Å². The maximum absolute atomic E-state index is 14.8. The van der Waals surface area contributed by atoms with Crippen LogP contribution < -0.4 is 23.8 Å². The number of carbonyl (C=O) groups excluding carboxylic acids is 2. The van der Waals surface area contributed by atoms with Crippen molar-refractivity contribution in [2.45, 2.75) is 62.6 Å². The number of hydrogen-bond donors (Lipinski definition) is 1. The number of rotatable bonds is 16. The third-order valence-corrected chi connectivity index (χ3v) is 10.9. The van der Waals surface area contributed by atoms with Gasteiger partial charge in [0.25, 0.3) is 10.0 Å². The molecule has 0 bridgehead atoms. The van der Waals surface area contributed by atoms with Crippen molar-refractivity contribution >= 4 is 39.1 Å². The first-order chi connectivity index (χ1) is 24.6. The molecule has 0 radical (unpaired) electrons. The van der Waals surface area contributed by atoms with Gasteiger partial charge in [0, 0.05) is 30.1 Å². The second-order valence-corrected chi connectivity index (χ2v) is 14.6. The highest BCUT2D eigenvalue weighted by Crippen LogP contribution is 2.33. The van der Waals surface area contributed by atoms with Crippen molar-refractivity contribution in [1.82, 2.24) is 10.2 Å². The minimum Gasteiger partial charge on any atom is -0.494 e. The number of amides is 2. The molecule has 1 N–H and O–H groups in total. The monoisotopic (exact) mass is 733 g/mol. The number of anilines is 1. The van der Waals surface area contributed by atoms with Crippen LogP contribution in [0.1, 0.15) is 43.7 Å². The van der Waals surface area contributed by atoms with Gasteiger partial charge in [-0.25, -0.2) is 8.42 Å². The van der Waals surface area contributed by atoms with Crippen molar-refractivity contribution in [3.63, 3.8) is 0 Å². The fourth-order valence-electron chi connectivity index (χ4n) is 6.22. The summed E-state index contributed by atoms with van der Waals surface area (Å²) < 4.78 is 46.4. The summed E-state index contributed by atoms with van der Waals surface area (Å²) in [6, 6.07) is 26.3. The van der Waals surface area contributed by atoms with Gasteiger partial charge in [-0.05, 0) is 79.4 Å². The lowest BCUT2D eigenvalue weighted by Gasteiger charge is -2.34. The van der Waals surface area contributed by atoms with Crippen molar-refractivity contribution in [2.24, 2.45) is 0 Å². The van der Waals surface area contributed by atoms with E-state index in [0.29, 0.717) is 23.1 Å². The molecule has 270 valence electrons. The molecule has 12 heteroatoms. The van der Waals surface area contributed by atoms with E-state index in [1.807, 2.05) is 37.3 Å². The molecule has 1 saturated carbocycles. The molecule has 0 aliphatic heterocycles. The van der Waals surface area contributed by atoms with E-state index in [2.05, 4.69) is 5.32 Å². The van der Waals surface area contributed by atoms with Gasteiger partial charge < -0.3 is 24.4 Å². The van der Waals surface area contributed by atoms with Crippen LogP contribution in [-0.4, -0.2) is 64.6 Å². The van der Waals surface area contributed by atoms with Crippen LogP contribution in [0, 0.1) is 0 Å². The molecule has 5 rings (SSSR count). The smallest absolute Gasteiger partial charge is 0.264 e. The van der Waals surface area contributed by atoms with Crippen LogP contribution in [0.2, 0.25) is 5.02 Å². The SMILES string of the molecule is CCOc1ccc(N(CC(=O)N(Cc2ccc(Cl)cc2)[C@@H](Cc2ccccc2)C(=O)NC2CCCC2)S(=O)(=O)c2ccc(OC)c(OC)c2)cc1. The van der Waals surface area contributed by atoms with Crippen molar-refractivity contribution in [3.05, 3.63) is 113 Å². The molecule has 10 nitrogen and oxygen atoms in total. The van der Waals surface area contributed by atoms with Crippen LogP contribution in [-0.2, 0) is 32.6 Å². The number of ether oxygens (including phenoxy) is 3. The van der Waals surface area contributed by atoms with Crippen LogP contribution >= 0.6 is 11.6 Å². The molecule has 4 aromatic carbocycles. The van der Waals surface area contributed by atoms with Gasteiger partial charge >= 0.3 is 0 Å². The summed E-state index contributed by atoms with van der Waals surface area (Å²) in [6.45, 7) is 1.72. The summed E-state index contributed by atoms with van der Waals surface area (Å²) in [4.78, 5) is 30.4. The van der Waals surface area contributed by atoms with Gasteiger partial charge in [0.15, 0.2) is 11.5 Å². The maximum atomic E-state index is 14.8. The van der Waals surface area contributed by atoms with Gasteiger partial charge in [-0.2, -0.15) is 0 Å². The lowest BCUT2D eigenvalue weighted by atomic mass is 10.0. The van der Waals surface area contributed by atoms with Crippen LogP contribution in [0.5, 0.6) is 17.2 Å². The van der Waals surface area contributed by atoms with Crippen LogP contribution in [0.25, 0.3) is 0 Å². The van der Waals surface area contributed by atoms with Crippen molar-refractivity contribution < 1.29 is 32.2 Å². The molecule has 51 heavy (non-hydrogen) atoms. The Morgan fingerprint density at radius 1 is 0.863 bits per heavy atom. The van der Waals surface area contributed by atoms with Gasteiger partial charge in [0.1, 0.15) is 18.3 Å². The predicted octanol–water partition coefficient (Wildman–Crippen LogP) is 6.65. The summed E-state index contributed by atoms with van der Waals surface area (Å²) in [6.07, 6.45) is 4.00. The van der Waals surface area contributed by atoms with Crippen LogP contribution in [0.3, 0.4) is 0 Å². The Hall–Kier alpha value is -4.74. The Labute approximate surface area is 305 Å². The van der Waals surface area contributed by atoms with Crippen LogP contribution in [0.4, 0.5) is 5.69 Å². The van der Waals surface area contributed by atoms with Crippen LogP contribution in [0.15, 0.2) is 102 Å². The second kappa shape index (κ2) is 17.5. The van der Waals surface area contributed by atoms with Gasteiger partial charge in [-0.3, -0.25) is 13.9 Å². The summed E-state index contributed by atoms with van der Waals surface area (Å²) in [5.41, 5.74) is 1.83. The number of sulfonamides is 1. The quantitative estimate of drug-likeness (QED) is 0.137. The summed E-state index contributed by atoms with van der Waals surface area (Å²) >= 11 is 6.20. The number of nitrogens with one attached hydrogen (secondary N) is 1. The van der Waals surface area contributed by atoms with Gasteiger partial charge in [0.05, 0.1) is 31.4 Å². The molecular formula is C39H44ClN3O7S. The average Bonchev–Trinajstić information content (AvgIpc) is 3.66. The number of benzene rings is 4. The summed E-state index contributed by atoms with van der Waals surface area (Å²) in [7, 11) is -1.50. The topological polar surface area (TPSA) is 114 Å². The highest BCUT2D eigenvalue weighted by molar-refractivity contribution is 7.92. The highest BCUT2D eigenvalue weighted by Gasteiger charge is 2.36. The zero-order valence-electron chi connectivity index (χ0n) is 29.1. The largest absolute Gasteiger partial charge is 0.494 e.